The number of thiazole rings is 1. The summed E-state index contributed by atoms with van der Waals surface area (Å²) < 4.78 is 48.0. The number of esters is 1. The lowest BCUT2D eigenvalue weighted by molar-refractivity contribution is -0.137. The Hall–Kier alpha value is -2.66. The summed E-state index contributed by atoms with van der Waals surface area (Å²) in [6, 6.07) is 3.69. The fourth-order valence-electron chi connectivity index (χ4n) is 2.44. The van der Waals surface area contributed by atoms with Gasteiger partial charge in [0.05, 0.1) is 19.2 Å². The van der Waals surface area contributed by atoms with Crippen molar-refractivity contribution in [3.8, 4) is 0 Å². The molecule has 2 amide bonds. The molecule has 0 aliphatic carbocycles. The van der Waals surface area contributed by atoms with Crippen LogP contribution in [0.15, 0.2) is 29.6 Å². The average Bonchev–Trinajstić information content (AvgIpc) is 3.18. The monoisotopic (exact) mass is 445 g/mol. The van der Waals surface area contributed by atoms with Crippen LogP contribution >= 0.6 is 11.3 Å². The number of rotatable bonds is 9. The number of carbonyl (C=O) groups excluding carboxylic acids is 2. The number of alkyl halides is 3. The van der Waals surface area contributed by atoms with Gasteiger partial charge >= 0.3 is 18.2 Å². The van der Waals surface area contributed by atoms with Crippen LogP contribution in [0.2, 0.25) is 0 Å². The Morgan fingerprint density at radius 2 is 1.93 bits per heavy atom. The minimum Gasteiger partial charge on any atom is -0.464 e. The number of hydrogen-bond donors (Lipinski definition) is 1. The average molecular weight is 445 g/mol. The first-order chi connectivity index (χ1) is 14.2. The number of methoxy groups -OCH3 is 1. The van der Waals surface area contributed by atoms with E-state index in [1.54, 1.807) is 0 Å². The highest BCUT2D eigenvalue weighted by Gasteiger charge is 2.30. The number of hydrogen-bond acceptors (Lipinski definition) is 6. The lowest BCUT2D eigenvalue weighted by Gasteiger charge is -2.22. The molecule has 0 aliphatic heterocycles. The van der Waals surface area contributed by atoms with E-state index >= 15 is 0 Å². The number of nitrogens with one attached hydrogen (secondary N) is 1. The Bertz CT molecular complexity index is 840. The molecule has 0 aliphatic rings. The summed E-state index contributed by atoms with van der Waals surface area (Å²) in [5.41, 5.74) is -0.417. The standard InChI is InChI=1S/C19H22F3N3O4S/c1-3-29-10-4-9-25(11-16-24-15(12-30-16)17(26)28-2)18(27)23-14-7-5-13(6-8-14)19(20,21)22/h5-8,12H,3-4,9-11H2,1-2H3,(H,23,27). The zero-order chi connectivity index (χ0) is 22.1. The van der Waals surface area contributed by atoms with E-state index in [0.29, 0.717) is 31.2 Å². The van der Waals surface area contributed by atoms with Gasteiger partial charge in [-0.25, -0.2) is 14.6 Å². The van der Waals surface area contributed by atoms with Crippen molar-refractivity contribution in [2.75, 3.05) is 32.2 Å². The summed E-state index contributed by atoms with van der Waals surface area (Å²) in [5.74, 6) is -0.574. The maximum absolute atomic E-state index is 12.7. The van der Waals surface area contributed by atoms with Crippen LogP contribution in [0.1, 0.15) is 34.4 Å². The Kier molecular flexibility index (Phi) is 8.60. The van der Waals surface area contributed by atoms with Crippen molar-refractivity contribution in [1.29, 1.82) is 0 Å². The molecule has 2 aromatic rings. The number of aromatic nitrogens is 1. The molecule has 0 radical (unpaired) electrons. The van der Waals surface area contributed by atoms with Crippen LogP contribution in [0.25, 0.3) is 0 Å². The molecule has 2 rings (SSSR count). The summed E-state index contributed by atoms with van der Waals surface area (Å²) >= 11 is 1.20. The molecule has 0 saturated heterocycles. The second kappa shape index (κ2) is 10.9. The lowest BCUT2D eigenvalue weighted by Crippen LogP contribution is -2.35. The molecule has 1 heterocycles. The number of benzene rings is 1. The van der Waals surface area contributed by atoms with Crippen molar-refractivity contribution in [3.63, 3.8) is 0 Å². The number of anilines is 1. The molecule has 164 valence electrons. The largest absolute Gasteiger partial charge is 0.464 e. The van der Waals surface area contributed by atoms with Gasteiger partial charge in [-0.15, -0.1) is 11.3 Å². The van der Waals surface area contributed by atoms with Gasteiger partial charge in [0, 0.05) is 30.8 Å². The third-order valence-electron chi connectivity index (χ3n) is 3.94. The van der Waals surface area contributed by atoms with Gasteiger partial charge in [-0.2, -0.15) is 13.2 Å². The van der Waals surface area contributed by atoms with Crippen molar-refractivity contribution in [3.05, 3.63) is 45.9 Å². The van der Waals surface area contributed by atoms with E-state index < -0.39 is 23.7 Å². The van der Waals surface area contributed by atoms with E-state index in [9.17, 15) is 22.8 Å². The Morgan fingerprint density at radius 3 is 2.53 bits per heavy atom. The predicted molar refractivity (Wildman–Crippen MR) is 105 cm³/mol. The van der Waals surface area contributed by atoms with Crippen LogP contribution in [-0.2, 0) is 22.2 Å². The van der Waals surface area contributed by atoms with Crippen molar-refractivity contribution in [2.45, 2.75) is 26.1 Å². The quantitative estimate of drug-likeness (QED) is 0.457. The second-order valence-electron chi connectivity index (χ2n) is 6.10. The number of carbonyl (C=O) groups is 2. The molecule has 0 unspecified atom stereocenters. The van der Waals surface area contributed by atoms with Gasteiger partial charge in [0.2, 0.25) is 0 Å². The van der Waals surface area contributed by atoms with Crippen LogP contribution < -0.4 is 5.32 Å². The number of ether oxygens (including phenoxy) is 2. The van der Waals surface area contributed by atoms with Gasteiger partial charge in [0.25, 0.3) is 0 Å². The van der Waals surface area contributed by atoms with E-state index in [2.05, 4.69) is 15.0 Å². The normalized spacial score (nSPS) is 11.2. The maximum Gasteiger partial charge on any atom is 0.416 e. The van der Waals surface area contributed by atoms with E-state index in [-0.39, 0.29) is 17.9 Å². The highest BCUT2D eigenvalue weighted by atomic mass is 32.1. The molecule has 0 saturated carbocycles. The summed E-state index contributed by atoms with van der Waals surface area (Å²) in [5, 5.41) is 4.64. The first-order valence-corrected chi connectivity index (χ1v) is 9.96. The molecule has 0 fully saturated rings. The molecular formula is C19H22F3N3O4S. The van der Waals surface area contributed by atoms with Gasteiger partial charge in [-0.1, -0.05) is 0 Å². The van der Waals surface area contributed by atoms with Gasteiger partial charge in [0.15, 0.2) is 5.69 Å². The Labute approximate surface area is 175 Å². The maximum atomic E-state index is 12.7. The molecule has 1 aromatic carbocycles. The van der Waals surface area contributed by atoms with Gasteiger partial charge in [-0.3, -0.25) is 0 Å². The van der Waals surface area contributed by atoms with Gasteiger partial charge < -0.3 is 19.7 Å². The van der Waals surface area contributed by atoms with E-state index in [1.165, 1.54) is 40.9 Å². The van der Waals surface area contributed by atoms with Crippen molar-refractivity contribution in [2.24, 2.45) is 0 Å². The Morgan fingerprint density at radius 1 is 1.23 bits per heavy atom. The molecule has 0 spiro atoms. The van der Waals surface area contributed by atoms with Crippen LogP contribution in [-0.4, -0.2) is 48.8 Å². The van der Waals surface area contributed by atoms with Crippen LogP contribution in [0.3, 0.4) is 0 Å². The summed E-state index contributed by atoms with van der Waals surface area (Å²) in [7, 11) is 1.25. The molecule has 1 N–H and O–H groups in total. The molecule has 0 atom stereocenters. The molecular weight excluding hydrogens is 423 g/mol. The van der Waals surface area contributed by atoms with Crippen LogP contribution in [0, 0.1) is 0 Å². The lowest BCUT2D eigenvalue weighted by atomic mass is 10.2. The first-order valence-electron chi connectivity index (χ1n) is 9.08. The van der Waals surface area contributed by atoms with E-state index in [4.69, 9.17) is 4.74 Å². The fraction of sp³-hybridized carbons (Fsp3) is 0.421. The summed E-state index contributed by atoms with van der Waals surface area (Å²) in [6.07, 6.45) is -3.89. The van der Waals surface area contributed by atoms with Gasteiger partial charge in [-0.05, 0) is 37.6 Å². The highest BCUT2D eigenvalue weighted by Crippen LogP contribution is 2.29. The number of halogens is 3. The highest BCUT2D eigenvalue weighted by molar-refractivity contribution is 7.09. The second-order valence-corrected chi connectivity index (χ2v) is 7.04. The topological polar surface area (TPSA) is 80.8 Å². The van der Waals surface area contributed by atoms with E-state index in [1.807, 2.05) is 6.92 Å². The van der Waals surface area contributed by atoms with Crippen molar-refractivity contribution in [1.82, 2.24) is 9.88 Å². The molecule has 7 nitrogen and oxygen atoms in total. The molecule has 0 bridgehead atoms. The first kappa shape index (κ1) is 23.6. The van der Waals surface area contributed by atoms with Crippen LogP contribution in [0.5, 0.6) is 0 Å². The SMILES string of the molecule is CCOCCCN(Cc1nc(C(=O)OC)cs1)C(=O)Nc1ccc(C(F)(F)F)cc1. The number of amides is 2. The fourth-order valence-corrected chi connectivity index (χ4v) is 3.22. The smallest absolute Gasteiger partial charge is 0.416 e. The predicted octanol–water partition coefficient (Wildman–Crippen LogP) is 4.41. The minimum absolute atomic E-state index is 0.125. The third-order valence-corrected chi connectivity index (χ3v) is 4.78. The van der Waals surface area contributed by atoms with Gasteiger partial charge in [0.1, 0.15) is 5.01 Å². The van der Waals surface area contributed by atoms with Crippen molar-refractivity contribution < 1.29 is 32.2 Å². The summed E-state index contributed by atoms with van der Waals surface area (Å²) in [4.78, 5) is 29.9. The zero-order valence-electron chi connectivity index (χ0n) is 16.5. The molecule has 1 aromatic heterocycles. The number of urea groups is 1. The molecule has 30 heavy (non-hydrogen) atoms. The minimum atomic E-state index is -4.45. The summed E-state index contributed by atoms with van der Waals surface area (Å²) in [6.45, 7) is 3.32. The Balaban J connectivity index is 2.07. The number of nitrogens with zero attached hydrogens (tertiary/aromatic N) is 2. The van der Waals surface area contributed by atoms with Crippen molar-refractivity contribution >= 4 is 29.0 Å². The van der Waals surface area contributed by atoms with E-state index in [0.717, 1.165) is 12.1 Å². The third kappa shape index (κ3) is 6.99. The van der Waals surface area contributed by atoms with Crippen LogP contribution in [0.4, 0.5) is 23.7 Å². The zero-order valence-corrected chi connectivity index (χ0v) is 17.3. The molecule has 11 heteroatoms.